The summed E-state index contributed by atoms with van der Waals surface area (Å²) < 4.78 is 11.1. The zero-order valence-electron chi connectivity index (χ0n) is 11.8. The second kappa shape index (κ2) is 5.79. The zero-order valence-corrected chi connectivity index (χ0v) is 11.8. The lowest BCUT2D eigenvalue weighted by Crippen LogP contribution is -2.30. The maximum atomic E-state index is 11.4. The maximum absolute atomic E-state index is 11.4. The van der Waals surface area contributed by atoms with Crippen molar-refractivity contribution in [1.82, 2.24) is 5.43 Å². The van der Waals surface area contributed by atoms with E-state index in [1.165, 1.54) is 5.56 Å². The molecule has 0 spiro atoms. The Hall–Kier alpha value is -2.27. The Morgan fingerprint density at radius 1 is 1.25 bits per heavy atom. The lowest BCUT2D eigenvalue weighted by Gasteiger charge is -2.08. The van der Waals surface area contributed by atoms with Crippen LogP contribution in [0.3, 0.4) is 0 Å². The van der Waals surface area contributed by atoms with Crippen molar-refractivity contribution in [2.45, 2.75) is 27.4 Å². The van der Waals surface area contributed by atoms with E-state index in [9.17, 15) is 4.79 Å². The number of amides is 1. The quantitative estimate of drug-likeness (QED) is 0.510. The lowest BCUT2D eigenvalue weighted by molar-refractivity contribution is 0.0921. The average molecular weight is 274 g/mol. The first kappa shape index (κ1) is 14.1. The summed E-state index contributed by atoms with van der Waals surface area (Å²) in [5.74, 6) is 6.25. The summed E-state index contributed by atoms with van der Waals surface area (Å²) in [6, 6.07) is 7.74. The van der Waals surface area contributed by atoms with E-state index in [0.717, 1.165) is 16.9 Å². The van der Waals surface area contributed by atoms with E-state index in [0.29, 0.717) is 5.76 Å². The number of furan rings is 1. The van der Waals surface area contributed by atoms with Gasteiger partial charge in [0.15, 0.2) is 5.76 Å². The van der Waals surface area contributed by atoms with Gasteiger partial charge < -0.3 is 9.15 Å². The normalized spacial score (nSPS) is 10.4. The van der Waals surface area contributed by atoms with Crippen molar-refractivity contribution in [2.24, 2.45) is 5.84 Å². The molecule has 0 unspecified atom stereocenters. The van der Waals surface area contributed by atoms with Crippen molar-refractivity contribution < 1.29 is 13.9 Å². The van der Waals surface area contributed by atoms with Gasteiger partial charge in [-0.05, 0) is 38.5 Å². The van der Waals surface area contributed by atoms with Crippen LogP contribution >= 0.6 is 0 Å². The monoisotopic (exact) mass is 274 g/mol. The summed E-state index contributed by atoms with van der Waals surface area (Å²) in [7, 11) is 0. The number of aryl methyl sites for hydroxylation is 3. The first-order chi connectivity index (χ1) is 9.51. The van der Waals surface area contributed by atoms with Gasteiger partial charge in [0.05, 0.1) is 0 Å². The fourth-order valence-electron chi connectivity index (χ4n) is 2.02. The number of hydrogen-bond acceptors (Lipinski definition) is 4. The maximum Gasteiger partial charge on any atom is 0.301 e. The molecule has 1 aromatic carbocycles. The summed E-state index contributed by atoms with van der Waals surface area (Å²) in [4.78, 5) is 11.4. The Morgan fingerprint density at radius 2 is 2.00 bits per heavy atom. The van der Waals surface area contributed by atoms with Crippen LogP contribution in [0.4, 0.5) is 0 Å². The van der Waals surface area contributed by atoms with Gasteiger partial charge >= 0.3 is 5.91 Å². The second-order valence-electron chi connectivity index (χ2n) is 4.76. The van der Waals surface area contributed by atoms with Crippen LogP contribution in [-0.4, -0.2) is 5.91 Å². The van der Waals surface area contributed by atoms with Crippen molar-refractivity contribution in [3.8, 4) is 5.75 Å². The highest BCUT2D eigenvalue weighted by atomic mass is 16.5. The fourth-order valence-corrected chi connectivity index (χ4v) is 2.02. The smallest absolute Gasteiger partial charge is 0.301 e. The number of benzene rings is 1. The topological polar surface area (TPSA) is 77.5 Å². The molecule has 106 valence electrons. The van der Waals surface area contributed by atoms with E-state index < -0.39 is 5.91 Å². The highest BCUT2D eigenvalue weighted by Gasteiger charge is 2.15. The molecule has 0 aliphatic carbocycles. The van der Waals surface area contributed by atoms with Crippen LogP contribution < -0.4 is 16.0 Å². The summed E-state index contributed by atoms with van der Waals surface area (Å²) in [5, 5.41) is 0. The fraction of sp³-hybridized carbons (Fsp3) is 0.267. The molecule has 5 nitrogen and oxygen atoms in total. The van der Waals surface area contributed by atoms with Gasteiger partial charge in [-0.1, -0.05) is 17.7 Å². The minimum atomic E-state index is -0.444. The van der Waals surface area contributed by atoms with Crippen LogP contribution in [0.2, 0.25) is 0 Å². The summed E-state index contributed by atoms with van der Waals surface area (Å²) in [6.45, 7) is 6.07. The molecule has 1 aromatic heterocycles. The van der Waals surface area contributed by atoms with E-state index in [-0.39, 0.29) is 12.4 Å². The molecule has 20 heavy (non-hydrogen) atoms. The van der Waals surface area contributed by atoms with Crippen molar-refractivity contribution in [3.05, 3.63) is 52.5 Å². The molecule has 0 bridgehead atoms. The Kier molecular flexibility index (Phi) is 4.10. The minimum Gasteiger partial charge on any atom is -0.485 e. The standard InChI is InChI=1S/C15H18N2O3/c1-9-4-5-13(10(2)6-9)19-8-12-7-11(3)14(20-12)15(18)17-16/h4-7H,8,16H2,1-3H3,(H,17,18). The van der Waals surface area contributed by atoms with E-state index in [1.54, 1.807) is 13.0 Å². The molecule has 2 aromatic rings. The predicted molar refractivity (Wildman–Crippen MR) is 75.3 cm³/mol. The van der Waals surface area contributed by atoms with Gasteiger partial charge in [0.1, 0.15) is 18.1 Å². The van der Waals surface area contributed by atoms with Crippen molar-refractivity contribution >= 4 is 5.91 Å². The van der Waals surface area contributed by atoms with Gasteiger partial charge in [-0.3, -0.25) is 10.2 Å². The number of nitrogens with two attached hydrogens (primary N) is 1. The molecular weight excluding hydrogens is 256 g/mol. The lowest BCUT2D eigenvalue weighted by atomic mass is 10.1. The molecule has 1 heterocycles. The van der Waals surface area contributed by atoms with E-state index in [4.69, 9.17) is 15.0 Å². The second-order valence-corrected chi connectivity index (χ2v) is 4.76. The van der Waals surface area contributed by atoms with Crippen LogP contribution in [0.1, 0.15) is 33.0 Å². The first-order valence-corrected chi connectivity index (χ1v) is 6.31. The van der Waals surface area contributed by atoms with Crippen LogP contribution in [0.5, 0.6) is 5.75 Å². The van der Waals surface area contributed by atoms with E-state index in [2.05, 4.69) is 11.5 Å². The number of ether oxygens (including phenoxy) is 1. The molecule has 0 aliphatic rings. The molecule has 0 atom stereocenters. The summed E-state index contributed by atoms with van der Waals surface area (Å²) >= 11 is 0. The molecule has 0 radical (unpaired) electrons. The van der Waals surface area contributed by atoms with E-state index >= 15 is 0 Å². The number of nitrogen functional groups attached to an aromatic ring is 1. The number of carbonyl (C=O) groups is 1. The SMILES string of the molecule is Cc1ccc(OCc2cc(C)c(C(=O)NN)o2)c(C)c1. The number of rotatable bonds is 4. The Morgan fingerprint density at radius 3 is 2.65 bits per heavy atom. The molecular formula is C15H18N2O3. The van der Waals surface area contributed by atoms with Gasteiger partial charge in [0.2, 0.25) is 0 Å². The third kappa shape index (κ3) is 3.00. The highest BCUT2D eigenvalue weighted by Crippen LogP contribution is 2.21. The van der Waals surface area contributed by atoms with Gasteiger partial charge in [0.25, 0.3) is 0 Å². The molecule has 3 N–H and O–H groups in total. The molecule has 5 heteroatoms. The molecule has 0 saturated carbocycles. The van der Waals surface area contributed by atoms with Gasteiger partial charge in [0, 0.05) is 5.56 Å². The van der Waals surface area contributed by atoms with Crippen molar-refractivity contribution in [1.29, 1.82) is 0 Å². The first-order valence-electron chi connectivity index (χ1n) is 6.31. The minimum absolute atomic E-state index is 0.215. The third-order valence-corrected chi connectivity index (χ3v) is 3.01. The number of hydrogen-bond donors (Lipinski definition) is 2. The molecule has 0 aliphatic heterocycles. The Labute approximate surface area is 117 Å². The predicted octanol–water partition coefficient (Wildman–Crippen LogP) is 2.39. The molecule has 1 amide bonds. The van der Waals surface area contributed by atoms with Crippen LogP contribution in [0.15, 0.2) is 28.7 Å². The number of carbonyl (C=O) groups excluding carboxylic acids is 1. The van der Waals surface area contributed by atoms with Gasteiger partial charge in [-0.2, -0.15) is 0 Å². The van der Waals surface area contributed by atoms with Gasteiger partial charge in [-0.15, -0.1) is 0 Å². The Balaban J connectivity index is 2.09. The number of nitrogens with one attached hydrogen (secondary N) is 1. The molecule has 0 fully saturated rings. The molecule has 0 saturated heterocycles. The van der Waals surface area contributed by atoms with Crippen LogP contribution in [0, 0.1) is 20.8 Å². The van der Waals surface area contributed by atoms with Gasteiger partial charge in [-0.25, -0.2) is 5.84 Å². The zero-order chi connectivity index (χ0) is 14.7. The summed E-state index contributed by atoms with van der Waals surface area (Å²) in [5.41, 5.74) is 5.03. The van der Waals surface area contributed by atoms with Crippen LogP contribution in [-0.2, 0) is 6.61 Å². The van der Waals surface area contributed by atoms with Crippen LogP contribution in [0.25, 0.3) is 0 Å². The van der Waals surface area contributed by atoms with Crippen molar-refractivity contribution in [3.63, 3.8) is 0 Å². The molecule has 2 rings (SSSR count). The van der Waals surface area contributed by atoms with Crippen molar-refractivity contribution in [2.75, 3.05) is 0 Å². The average Bonchev–Trinajstić information content (AvgIpc) is 2.78. The largest absolute Gasteiger partial charge is 0.485 e. The summed E-state index contributed by atoms with van der Waals surface area (Å²) in [6.07, 6.45) is 0. The highest BCUT2D eigenvalue weighted by molar-refractivity contribution is 5.92. The third-order valence-electron chi connectivity index (χ3n) is 3.01. The number of hydrazine groups is 1. The van der Waals surface area contributed by atoms with E-state index in [1.807, 2.05) is 26.0 Å². The Bertz CT molecular complexity index is 632.